The Morgan fingerprint density at radius 1 is 0.982 bits per heavy atom. The first-order chi connectivity index (χ1) is 26.1. The van der Waals surface area contributed by atoms with E-state index in [0.29, 0.717) is 12.8 Å². The highest BCUT2D eigenvalue weighted by Crippen LogP contribution is 2.52. The predicted molar refractivity (Wildman–Crippen MR) is 174 cm³/mol. The molecule has 13 nitrogen and oxygen atoms in total. The number of phenols is 2. The molecule has 20 heteroatoms. The fourth-order valence-corrected chi connectivity index (χ4v) is 6.58. The van der Waals surface area contributed by atoms with E-state index in [-0.39, 0.29) is 28.9 Å². The van der Waals surface area contributed by atoms with Gasteiger partial charge in [-0.2, -0.15) is 30.7 Å². The number of nitrogens with one attached hydrogen (secondary N) is 1. The Bertz CT molecular complexity index is 2000. The monoisotopic (exact) mass is 805 g/mol. The molecule has 56 heavy (non-hydrogen) atoms. The van der Waals surface area contributed by atoms with E-state index in [9.17, 15) is 70.0 Å². The van der Waals surface area contributed by atoms with Gasteiger partial charge in [-0.05, 0) is 25.5 Å². The second-order valence-corrected chi connectivity index (χ2v) is 13.2. The molecule has 1 fully saturated rings. The fraction of sp³-hybridized carbons (Fsp3) is 0.472. The molecule has 3 aliphatic rings. The number of aromatic hydroxyl groups is 2. The lowest BCUT2D eigenvalue weighted by Gasteiger charge is -2.41. The first-order valence-corrected chi connectivity index (χ1v) is 17.0. The minimum absolute atomic E-state index is 0.0128. The van der Waals surface area contributed by atoms with Crippen molar-refractivity contribution in [2.75, 3.05) is 13.7 Å². The van der Waals surface area contributed by atoms with Gasteiger partial charge < -0.3 is 39.6 Å². The van der Waals surface area contributed by atoms with Crippen molar-refractivity contribution in [2.45, 2.75) is 94.6 Å². The number of aliphatic hydroxyl groups is 1. The molecular formula is C36H34F7NO12. The average molecular weight is 806 g/mol. The van der Waals surface area contributed by atoms with Crippen molar-refractivity contribution >= 4 is 35.3 Å². The van der Waals surface area contributed by atoms with Gasteiger partial charge in [-0.3, -0.25) is 24.0 Å². The maximum atomic E-state index is 14.2. The molecular weight excluding hydrogens is 771 g/mol. The largest absolute Gasteiger partial charge is 0.507 e. The second-order valence-electron chi connectivity index (χ2n) is 13.2. The third-order valence-corrected chi connectivity index (χ3v) is 9.57. The summed E-state index contributed by atoms with van der Waals surface area (Å²) in [7, 11) is 1.21. The van der Waals surface area contributed by atoms with Crippen LogP contribution in [-0.2, 0) is 28.6 Å². The molecule has 0 bridgehead atoms. The van der Waals surface area contributed by atoms with Crippen LogP contribution in [0, 0.1) is 0 Å². The first kappa shape index (κ1) is 42.1. The molecule has 1 saturated heterocycles. The number of ketones is 3. The van der Waals surface area contributed by atoms with Gasteiger partial charge in [0, 0.05) is 41.5 Å². The molecule has 5 rings (SSSR count). The number of carbonyl (C=O) groups excluding carboxylic acids is 5. The van der Waals surface area contributed by atoms with Crippen LogP contribution in [0.25, 0.3) is 6.08 Å². The molecule has 2 aromatic carbocycles. The molecule has 1 aliphatic heterocycles. The number of hydrogen-bond acceptors (Lipinski definition) is 12. The smallest absolute Gasteiger partial charge is 0.460 e. The number of hydrogen-bond donors (Lipinski definition) is 4. The number of Topliss-reactive ketones (excluding diaryl/α,β-unsaturated/α-hetero) is 1. The predicted octanol–water partition coefficient (Wildman–Crippen LogP) is 4.84. The number of fused-ring (bicyclic) bond motifs is 3. The number of ether oxygens (including phenoxy) is 4. The van der Waals surface area contributed by atoms with E-state index in [1.165, 1.54) is 30.6 Å². The van der Waals surface area contributed by atoms with Crippen molar-refractivity contribution < 1.29 is 89.0 Å². The summed E-state index contributed by atoms with van der Waals surface area (Å²) in [4.78, 5) is 65.3. The Labute approximate surface area is 312 Å². The number of aliphatic hydroxyl groups excluding tert-OH is 1. The number of unbranched alkanes of at least 4 members (excludes halogenated alkanes) is 1. The van der Waals surface area contributed by atoms with Crippen LogP contribution in [0.1, 0.15) is 95.0 Å². The summed E-state index contributed by atoms with van der Waals surface area (Å²) in [6.07, 6.45) is -13.1. The number of carbonyl (C=O) groups is 5. The molecule has 0 spiro atoms. The molecule has 1 heterocycles. The van der Waals surface area contributed by atoms with Gasteiger partial charge in [0.05, 0.1) is 42.0 Å². The molecule has 1 amide bonds. The summed E-state index contributed by atoms with van der Waals surface area (Å²) in [5.41, 5.74) is -2.90. The summed E-state index contributed by atoms with van der Waals surface area (Å²) in [5.74, 6) is -21.6. The molecule has 2 aliphatic carbocycles. The molecule has 0 saturated carbocycles. The van der Waals surface area contributed by atoms with Crippen LogP contribution in [0.2, 0.25) is 0 Å². The Morgan fingerprint density at radius 3 is 2.27 bits per heavy atom. The van der Waals surface area contributed by atoms with Crippen LogP contribution >= 0.6 is 0 Å². The van der Waals surface area contributed by atoms with Crippen LogP contribution in [-0.4, -0.2) is 101 Å². The number of methoxy groups -OCH3 is 1. The van der Waals surface area contributed by atoms with Crippen molar-refractivity contribution in [3.63, 3.8) is 0 Å². The average Bonchev–Trinajstić information content (AvgIpc) is 3.13. The van der Waals surface area contributed by atoms with Gasteiger partial charge in [0.15, 0.2) is 24.5 Å². The number of phenolic OH excluding ortho intramolecular Hbond substituents is 2. The van der Waals surface area contributed by atoms with Crippen LogP contribution < -0.4 is 10.1 Å². The van der Waals surface area contributed by atoms with Gasteiger partial charge in [-0.25, -0.2) is 0 Å². The van der Waals surface area contributed by atoms with Gasteiger partial charge in [0.2, 0.25) is 5.78 Å². The highest BCUT2D eigenvalue weighted by Gasteiger charge is 2.76. The first-order valence-electron chi connectivity index (χ1n) is 17.0. The van der Waals surface area contributed by atoms with Gasteiger partial charge >= 0.3 is 24.0 Å². The fourth-order valence-electron chi connectivity index (χ4n) is 6.58. The third kappa shape index (κ3) is 7.32. The Morgan fingerprint density at radius 2 is 1.64 bits per heavy atom. The molecule has 0 radical (unpaired) electrons. The number of halogens is 7. The Balaban J connectivity index is 1.54. The van der Waals surface area contributed by atoms with Crippen LogP contribution in [0.5, 0.6) is 17.2 Å². The van der Waals surface area contributed by atoms with E-state index in [0.717, 1.165) is 13.0 Å². The van der Waals surface area contributed by atoms with Gasteiger partial charge in [-0.15, -0.1) is 0 Å². The van der Waals surface area contributed by atoms with E-state index in [1.54, 1.807) is 0 Å². The lowest BCUT2D eigenvalue weighted by atomic mass is 9.77. The van der Waals surface area contributed by atoms with Gasteiger partial charge in [0.1, 0.15) is 23.4 Å². The summed E-state index contributed by atoms with van der Waals surface area (Å²) in [6.45, 7) is 2.10. The minimum Gasteiger partial charge on any atom is -0.507 e. The van der Waals surface area contributed by atoms with Crippen molar-refractivity contribution in [1.29, 1.82) is 0 Å². The summed E-state index contributed by atoms with van der Waals surface area (Å²) < 4.78 is 116. The topological polar surface area (TPSA) is 195 Å². The Hall–Kier alpha value is -5.08. The normalized spacial score (nSPS) is 22.3. The van der Waals surface area contributed by atoms with E-state index in [1.807, 2.05) is 6.92 Å². The zero-order valence-corrected chi connectivity index (χ0v) is 29.6. The lowest BCUT2D eigenvalue weighted by Crippen LogP contribution is -2.63. The number of esters is 1. The summed E-state index contributed by atoms with van der Waals surface area (Å²) in [5, 5.41) is 35.1. The van der Waals surface area contributed by atoms with Crippen molar-refractivity contribution in [3.05, 3.63) is 57.2 Å². The lowest BCUT2D eigenvalue weighted by molar-refractivity contribution is -0.344. The molecule has 4 N–H and O–H groups in total. The maximum absolute atomic E-state index is 14.2. The molecule has 5 atom stereocenters. The van der Waals surface area contributed by atoms with E-state index < -0.39 is 131 Å². The van der Waals surface area contributed by atoms with E-state index in [2.05, 4.69) is 0 Å². The summed E-state index contributed by atoms with van der Waals surface area (Å²) in [6, 6.07) is 2.01. The molecule has 0 aromatic heterocycles. The summed E-state index contributed by atoms with van der Waals surface area (Å²) >= 11 is 0. The van der Waals surface area contributed by atoms with Crippen molar-refractivity contribution in [2.24, 2.45) is 0 Å². The minimum atomic E-state index is -6.84. The van der Waals surface area contributed by atoms with Crippen LogP contribution in [0.3, 0.4) is 0 Å². The van der Waals surface area contributed by atoms with Gasteiger partial charge in [0.25, 0.3) is 5.91 Å². The molecule has 304 valence electrons. The second kappa shape index (κ2) is 15.5. The molecule has 4 unspecified atom stereocenters. The van der Waals surface area contributed by atoms with Crippen molar-refractivity contribution in [3.8, 4) is 17.2 Å². The standard InChI is InChI=1S/C36H34F7NO12/c1-4-5-9-22(46)54-13-19(45)15-10-17-25(32(51)27-26(30(17)49)29(48)16-7-6-8-20(53-3)24(16)31(27)50)21(11-15)56-23-12-18(28(47)14(2)55-23)44-33(52)34(37,38)35(39,40)36(41,42)43/h6-8,10,14,18,21,23,28,47,49,51H,4-5,9,11-13H2,1-3H3,(H,44,52)/t14?,18?,21-,23?,28?/m0/s1. The van der Waals surface area contributed by atoms with Gasteiger partial charge in [-0.1, -0.05) is 25.5 Å². The zero-order valence-electron chi connectivity index (χ0n) is 29.6. The number of benzene rings is 2. The van der Waals surface area contributed by atoms with Crippen LogP contribution in [0.4, 0.5) is 30.7 Å². The van der Waals surface area contributed by atoms with Crippen molar-refractivity contribution in [1.82, 2.24) is 5.32 Å². The zero-order chi connectivity index (χ0) is 41.7. The Kier molecular flexibility index (Phi) is 11.6. The number of alkyl halides is 7. The molecule has 2 aromatic rings. The van der Waals surface area contributed by atoms with Crippen LogP contribution in [0.15, 0.2) is 23.8 Å². The highest BCUT2D eigenvalue weighted by atomic mass is 19.4. The number of amides is 1. The third-order valence-electron chi connectivity index (χ3n) is 9.57. The SMILES string of the molecule is CCCCC(=O)OCC(=O)C1=Cc2c(O)c3c(c(O)c2[C@@H](OC2CC(NC(=O)C(F)(F)C(F)(F)C(F)(F)F)C(O)C(C)O2)C1)C(=O)c1c(OC)cccc1C3=O. The van der Waals surface area contributed by atoms with E-state index >= 15 is 0 Å². The number of rotatable bonds is 12. The maximum Gasteiger partial charge on any atom is 0.460 e. The quantitative estimate of drug-likeness (QED) is 0.111. The van der Waals surface area contributed by atoms with E-state index in [4.69, 9.17) is 18.9 Å². The highest BCUT2D eigenvalue weighted by molar-refractivity contribution is 6.31.